The summed E-state index contributed by atoms with van der Waals surface area (Å²) in [6.07, 6.45) is 5.60. The highest BCUT2D eigenvalue weighted by atomic mass is 32.2. The van der Waals surface area contributed by atoms with Crippen LogP contribution in [0.5, 0.6) is 0 Å². The van der Waals surface area contributed by atoms with Crippen LogP contribution in [0.3, 0.4) is 0 Å². The number of aliphatic carboxylic acids is 1. The predicted octanol–water partition coefficient (Wildman–Crippen LogP) is -0.0260. The summed E-state index contributed by atoms with van der Waals surface area (Å²) in [6.45, 7) is 0. The van der Waals surface area contributed by atoms with E-state index in [0.29, 0.717) is 5.70 Å². The van der Waals surface area contributed by atoms with Gasteiger partial charge in [-0.3, -0.25) is 18.6 Å². The number of nitrogens with zero attached hydrogens (tertiary/aromatic N) is 2. The molecular formula is C17H19N7O6S3. The van der Waals surface area contributed by atoms with Gasteiger partial charge in [-0.05, 0) is 30.0 Å². The minimum Gasteiger partial charge on any atom is -0.480 e. The second kappa shape index (κ2) is 9.97. The van der Waals surface area contributed by atoms with Crippen LogP contribution >= 0.6 is 23.5 Å². The van der Waals surface area contributed by atoms with E-state index in [1.807, 2.05) is 0 Å². The van der Waals surface area contributed by atoms with Crippen molar-refractivity contribution < 1.29 is 27.9 Å². The van der Waals surface area contributed by atoms with E-state index in [2.05, 4.69) is 19.8 Å². The second-order valence-corrected chi connectivity index (χ2v) is 9.92. The number of nitrogens with one attached hydrogen (secondary N) is 3. The number of carbonyl (C=O) groups excluding carboxylic acids is 2. The number of anilines is 1. The van der Waals surface area contributed by atoms with Crippen molar-refractivity contribution in [3.05, 3.63) is 51.5 Å². The monoisotopic (exact) mass is 513 g/mol. The van der Waals surface area contributed by atoms with Gasteiger partial charge in [0.1, 0.15) is 15.8 Å². The molecule has 8 N–H and O–H groups in total. The minimum absolute atomic E-state index is 0.0123. The molecule has 0 aromatic carbocycles. The average molecular weight is 514 g/mol. The number of thiophene rings is 1. The number of allylic oxidation sites excluding steroid dienone is 2. The fourth-order valence-electron chi connectivity index (χ4n) is 2.78. The summed E-state index contributed by atoms with van der Waals surface area (Å²) in [7, 11) is -4.07. The van der Waals surface area contributed by atoms with Crippen LogP contribution in [0.4, 0.5) is 5.69 Å². The number of amides is 2. The van der Waals surface area contributed by atoms with Crippen LogP contribution < -0.4 is 26.2 Å². The molecule has 16 heteroatoms. The van der Waals surface area contributed by atoms with Gasteiger partial charge >= 0.3 is 5.97 Å². The highest BCUT2D eigenvalue weighted by molar-refractivity contribution is 7.97. The standard InChI is InChI=1S/C17H19N7O6S3/c18-17(19)22-13(25)4-3-10(16(27)28)21-15(26)14-9(5-7-31-14)23-33(29,30)12-2-1-6-24-11(12)8-20-32-24/h1-2,5-8,10,20,23H,3-4H2,(H,21,26)(H,27,28)(H4,18,19,22,25)/t10-/m0/s1. The molecule has 0 bridgehead atoms. The fourth-order valence-corrected chi connectivity index (χ4v) is 5.57. The van der Waals surface area contributed by atoms with Crippen LogP contribution in [0.1, 0.15) is 22.5 Å². The third kappa shape index (κ3) is 5.85. The summed E-state index contributed by atoms with van der Waals surface area (Å²) in [4.78, 5) is 39.0. The van der Waals surface area contributed by atoms with E-state index in [1.54, 1.807) is 16.6 Å². The number of aliphatic imine (C=N–C) groups is 1. The fraction of sp³-hybridized carbons (Fsp3) is 0.176. The van der Waals surface area contributed by atoms with Gasteiger partial charge in [-0.25, -0.2) is 13.2 Å². The van der Waals surface area contributed by atoms with Crippen LogP contribution in [0.15, 0.2) is 51.6 Å². The second-order valence-electron chi connectivity index (χ2n) is 6.54. The average Bonchev–Trinajstić information content (AvgIpc) is 3.38. The number of nitrogens with two attached hydrogens (primary N) is 2. The largest absolute Gasteiger partial charge is 0.480 e. The third-order valence-electron chi connectivity index (χ3n) is 4.22. The zero-order valence-corrected chi connectivity index (χ0v) is 19.2. The van der Waals surface area contributed by atoms with Gasteiger partial charge in [0.25, 0.3) is 15.9 Å². The molecule has 0 aliphatic carbocycles. The lowest BCUT2D eigenvalue weighted by atomic mass is 10.1. The van der Waals surface area contributed by atoms with Crippen molar-refractivity contribution in [2.45, 2.75) is 18.9 Å². The molecule has 2 aliphatic heterocycles. The number of sulfonamides is 1. The van der Waals surface area contributed by atoms with Gasteiger partial charge in [-0.1, -0.05) is 0 Å². The number of guanidine groups is 1. The van der Waals surface area contributed by atoms with Crippen molar-refractivity contribution in [1.82, 2.24) is 14.3 Å². The SMILES string of the molecule is NC(N)=NC(=O)CC[C@H](NC(=O)c1sccc1NS(=O)(=O)C1=CC=CN2SNC=C12)C(=O)O. The first-order valence-corrected chi connectivity index (χ1v) is 12.3. The van der Waals surface area contributed by atoms with E-state index in [1.165, 1.54) is 35.9 Å². The van der Waals surface area contributed by atoms with Gasteiger partial charge in [-0.15, -0.1) is 11.3 Å². The molecule has 1 aromatic rings. The van der Waals surface area contributed by atoms with Crippen LogP contribution in [0.25, 0.3) is 0 Å². The van der Waals surface area contributed by atoms with Crippen molar-refractivity contribution >= 4 is 62.9 Å². The Bertz CT molecular complexity index is 1200. The maximum Gasteiger partial charge on any atom is 0.326 e. The van der Waals surface area contributed by atoms with Gasteiger partial charge in [0, 0.05) is 18.8 Å². The van der Waals surface area contributed by atoms with Crippen molar-refractivity contribution in [3.8, 4) is 0 Å². The zero-order valence-electron chi connectivity index (χ0n) is 16.7. The Kier molecular flexibility index (Phi) is 7.29. The molecule has 0 saturated carbocycles. The van der Waals surface area contributed by atoms with Crippen LogP contribution in [-0.4, -0.2) is 47.6 Å². The Hall–Kier alpha value is -3.50. The Balaban J connectivity index is 1.72. The smallest absolute Gasteiger partial charge is 0.326 e. The van der Waals surface area contributed by atoms with Gasteiger partial charge < -0.3 is 26.6 Å². The molecule has 1 aromatic heterocycles. The first kappa shape index (κ1) is 24.1. The first-order chi connectivity index (χ1) is 15.6. The van der Waals surface area contributed by atoms with Crippen molar-refractivity contribution in [2.75, 3.05) is 4.72 Å². The van der Waals surface area contributed by atoms with E-state index in [-0.39, 0.29) is 28.3 Å². The quantitative estimate of drug-likeness (QED) is 0.147. The lowest BCUT2D eigenvalue weighted by Crippen LogP contribution is -2.41. The predicted molar refractivity (Wildman–Crippen MR) is 124 cm³/mol. The normalized spacial score (nSPS) is 15.5. The van der Waals surface area contributed by atoms with Crippen LogP contribution in [-0.2, 0) is 19.6 Å². The van der Waals surface area contributed by atoms with E-state index >= 15 is 0 Å². The molecule has 176 valence electrons. The Morgan fingerprint density at radius 2 is 2.06 bits per heavy atom. The Morgan fingerprint density at radius 1 is 1.30 bits per heavy atom. The molecule has 13 nitrogen and oxygen atoms in total. The highest BCUT2D eigenvalue weighted by Crippen LogP contribution is 2.34. The molecule has 1 atom stereocenters. The molecule has 0 radical (unpaired) electrons. The maximum atomic E-state index is 13.0. The minimum atomic E-state index is -4.07. The molecule has 33 heavy (non-hydrogen) atoms. The molecule has 0 saturated heterocycles. The summed E-state index contributed by atoms with van der Waals surface area (Å²) in [5, 5.41) is 13.1. The number of hydrogen-bond acceptors (Lipinski definition) is 9. The lowest BCUT2D eigenvalue weighted by Gasteiger charge is -2.20. The van der Waals surface area contributed by atoms with Crippen molar-refractivity contribution in [3.63, 3.8) is 0 Å². The molecule has 3 heterocycles. The topological polar surface area (TPSA) is 209 Å². The summed E-state index contributed by atoms with van der Waals surface area (Å²) < 4.78 is 32.8. The molecule has 3 rings (SSSR count). The van der Waals surface area contributed by atoms with E-state index in [9.17, 15) is 27.9 Å². The summed E-state index contributed by atoms with van der Waals surface area (Å²) in [5.74, 6) is -3.39. The summed E-state index contributed by atoms with van der Waals surface area (Å²) in [6, 6.07) is -0.0314. The number of hydrogen-bond donors (Lipinski definition) is 6. The number of carboxylic acids is 1. The number of carbonyl (C=O) groups is 3. The van der Waals surface area contributed by atoms with Crippen LogP contribution in [0.2, 0.25) is 0 Å². The first-order valence-electron chi connectivity index (χ1n) is 9.15. The van der Waals surface area contributed by atoms with E-state index < -0.39 is 39.8 Å². The number of fused-ring (bicyclic) bond motifs is 1. The number of rotatable bonds is 9. The van der Waals surface area contributed by atoms with Crippen molar-refractivity contribution in [1.29, 1.82) is 0 Å². The summed E-state index contributed by atoms with van der Waals surface area (Å²) in [5.41, 5.74) is 10.6. The Labute approximate surface area is 196 Å². The molecule has 2 aliphatic rings. The third-order valence-corrected chi connectivity index (χ3v) is 7.28. The highest BCUT2D eigenvalue weighted by Gasteiger charge is 2.31. The van der Waals surface area contributed by atoms with E-state index in [0.717, 1.165) is 11.3 Å². The van der Waals surface area contributed by atoms with Gasteiger partial charge in [0.2, 0.25) is 5.91 Å². The maximum absolute atomic E-state index is 13.0. The molecule has 0 spiro atoms. The van der Waals surface area contributed by atoms with E-state index in [4.69, 9.17) is 11.5 Å². The lowest BCUT2D eigenvalue weighted by molar-refractivity contribution is -0.139. The molecular weight excluding hydrogens is 494 g/mol. The number of carboxylic acid groups (broad SMARTS) is 1. The molecule has 0 fully saturated rings. The molecule has 0 unspecified atom stereocenters. The molecule has 2 amide bonds. The zero-order chi connectivity index (χ0) is 24.2. The Morgan fingerprint density at radius 3 is 2.76 bits per heavy atom. The van der Waals surface area contributed by atoms with Gasteiger partial charge in [0.05, 0.1) is 23.5 Å². The van der Waals surface area contributed by atoms with Crippen molar-refractivity contribution in [2.24, 2.45) is 16.5 Å². The van der Waals surface area contributed by atoms with Crippen LogP contribution in [0, 0.1) is 0 Å². The van der Waals surface area contributed by atoms with Gasteiger partial charge in [0.15, 0.2) is 5.96 Å². The van der Waals surface area contributed by atoms with Gasteiger partial charge in [-0.2, -0.15) is 4.99 Å². The summed E-state index contributed by atoms with van der Waals surface area (Å²) >= 11 is 2.11.